The maximum Gasteiger partial charge on any atom is 0.313 e. The highest BCUT2D eigenvalue weighted by Gasteiger charge is 2.08. The van der Waals surface area contributed by atoms with E-state index in [0.29, 0.717) is 12.4 Å². The summed E-state index contributed by atoms with van der Waals surface area (Å²) < 4.78 is 10.2. The molecule has 0 atom stereocenters. The van der Waals surface area contributed by atoms with E-state index < -0.39 is 0 Å². The molecule has 4 heteroatoms. The lowest BCUT2D eigenvalue weighted by Crippen LogP contribution is -2.23. The molecule has 1 aliphatic rings. The molecule has 88 valence electrons. The van der Waals surface area contributed by atoms with Gasteiger partial charge in [-0.1, -0.05) is 12.1 Å². The van der Waals surface area contributed by atoms with Crippen LogP contribution in [0.2, 0.25) is 0 Å². The van der Waals surface area contributed by atoms with Crippen molar-refractivity contribution in [2.45, 2.75) is 13.3 Å². The molecule has 0 radical (unpaired) electrons. The molecule has 0 aromatic heterocycles. The maximum absolute atomic E-state index is 11.3. The molecule has 0 unspecified atom stereocenters. The zero-order valence-corrected chi connectivity index (χ0v) is 9.55. The lowest BCUT2D eigenvalue weighted by molar-refractivity contribution is -0.142. The molecule has 4 nitrogen and oxygen atoms in total. The number of ether oxygens (including phenoxy) is 2. The predicted molar refractivity (Wildman–Crippen MR) is 62.1 cm³/mol. The van der Waals surface area contributed by atoms with E-state index in [1.165, 1.54) is 0 Å². The third kappa shape index (κ3) is 2.93. The maximum atomic E-state index is 11.3. The summed E-state index contributed by atoms with van der Waals surface area (Å²) in [5, 5.41) is 1.72. The summed E-state index contributed by atoms with van der Waals surface area (Å²) in [4.78, 5) is 15.6. The molecule has 0 N–H and O–H groups in total. The third-order valence-electron chi connectivity index (χ3n) is 2.25. The molecule has 0 spiro atoms. The minimum atomic E-state index is -0.312. The van der Waals surface area contributed by atoms with Crippen molar-refractivity contribution in [3.8, 4) is 0 Å². The Bertz CT molecular complexity index is 560. The average molecular weight is 231 g/mol. The van der Waals surface area contributed by atoms with Crippen LogP contribution in [0.3, 0.4) is 0 Å². The van der Waals surface area contributed by atoms with Gasteiger partial charge in [0.1, 0.15) is 18.4 Å². The van der Waals surface area contributed by atoms with E-state index in [1.54, 1.807) is 19.4 Å². The van der Waals surface area contributed by atoms with E-state index in [0.717, 1.165) is 10.6 Å². The van der Waals surface area contributed by atoms with Crippen molar-refractivity contribution in [3.63, 3.8) is 0 Å². The Kier molecular flexibility index (Phi) is 3.55. The van der Waals surface area contributed by atoms with Gasteiger partial charge in [-0.3, -0.25) is 9.79 Å². The summed E-state index contributed by atoms with van der Waals surface area (Å²) in [5.74, 6) is 0.174. The quantitative estimate of drug-likeness (QED) is 0.725. The van der Waals surface area contributed by atoms with Gasteiger partial charge < -0.3 is 9.47 Å². The molecule has 0 aliphatic carbocycles. The second-order valence-corrected chi connectivity index (χ2v) is 3.50. The van der Waals surface area contributed by atoms with E-state index in [2.05, 4.69) is 4.99 Å². The van der Waals surface area contributed by atoms with Gasteiger partial charge in [-0.05, 0) is 19.1 Å². The number of rotatable bonds is 3. The summed E-state index contributed by atoms with van der Waals surface area (Å²) in [5.41, 5.74) is 0. The van der Waals surface area contributed by atoms with Gasteiger partial charge >= 0.3 is 5.97 Å². The summed E-state index contributed by atoms with van der Waals surface area (Å²) in [7, 11) is 0. The first-order valence-corrected chi connectivity index (χ1v) is 5.44. The second kappa shape index (κ2) is 5.30. The lowest BCUT2D eigenvalue weighted by Gasteiger charge is -2.03. The zero-order chi connectivity index (χ0) is 12.1. The first kappa shape index (κ1) is 11.4. The number of nitrogens with zero attached hydrogens (tertiary/aromatic N) is 1. The Morgan fingerprint density at radius 1 is 1.41 bits per heavy atom. The van der Waals surface area contributed by atoms with Gasteiger partial charge in [-0.15, -0.1) is 0 Å². The first-order chi connectivity index (χ1) is 8.29. The van der Waals surface area contributed by atoms with Crippen LogP contribution in [0.1, 0.15) is 13.3 Å². The number of fused-ring (bicyclic) bond motifs is 1. The number of carbonyl (C=O) groups is 1. The van der Waals surface area contributed by atoms with Crippen molar-refractivity contribution >= 4 is 12.2 Å². The molecule has 1 heterocycles. The molecule has 17 heavy (non-hydrogen) atoms. The Morgan fingerprint density at radius 3 is 3.06 bits per heavy atom. The fraction of sp³-hybridized carbons (Fsp3) is 0.231. The average Bonchev–Trinajstić information content (AvgIpc) is 2.53. The van der Waals surface area contributed by atoms with Gasteiger partial charge in [-0.2, -0.15) is 0 Å². The van der Waals surface area contributed by atoms with Crippen LogP contribution >= 0.6 is 0 Å². The fourth-order valence-electron chi connectivity index (χ4n) is 1.46. The minimum Gasteiger partial charge on any atom is -0.466 e. The number of para-hydroxylation sites is 1. The Balaban J connectivity index is 2.18. The molecular weight excluding hydrogens is 218 g/mol. The Morgan fingerprint density at radius 2 is 2.24 bits per heavy atom. The molecular formula is C13H13NO3. The third-order valence-corrected chi connectivity index (χ3v) is 2.25. The van der Waals surface area contributed by atoms with E-state index in [1.807, 2.05) is 24.3 Å². The van der Waals surface area contributed by atoms with Gasteiger partial charge in [0.2, 0.25) is 0 Å². The van der Waals surface area contributed by atoms with Gasteiger partial charge in [0.15, 0.2) is 0 Å². The predicted octanol–water partition coefficient (Wildman–Crippen LogP) is 0.869. The largest absolute Gasteiger partial charge is 0.466 e. The normalized spacial score (nSPS) is 13.1. The highest BCUT2D eigenvalue weighted by atomic mass is 16.5. The molecule has 0 bridgehead atoms. The van der Waals surface area contributed by atoms with Crippen molar-refractivity contribution in [3.05, 3.63) is 46.8 Å². The van der Waals surface area contributed by atoms with Crippen molar-refractivity contribution < 1.29 is 14.3 Å². The minimum absolute atomic E-state index is 0.0990. The summed E-state index contributed by atoms with van der Waals surface area (Å²) in [6.45, 7) is 2.14. The smallest absolute Gasteiger partial charge is 0.313 e. The molecule has 0 amide bonds. The SMILES string of the molecule is CCOC(=O)CC1=CN=c2ccccc2=CO1. The van der Waals surface area contributed by atoms with Crippen LogP contribution in [0.5, 0.6) is 0 Å². The Hall–Kier alpha value is -2.10. The van der Waals surface area contributed by atoms with Gasteiger partial charge in [-0.25, -0.2) is 0 Å². The van der Waals surface area contributed by atoms with Crippen LogP contribution in [0.4, 0.5) is 0 Å². The van der Waals surface area contributed by atoms with Crippen molar-refractivity contribution in [1.82, 2.24) is 0 Å². The van der Waals surface area contributed by atoms with E-state index >= 15 is 0 Å². The number of esters is 1. The van der Waals surface area contributed by atoms with Crippen LogP contribution in [0.25, 0.3) is 6.26 Å². The van der Waals surface area contributed by atoms with E-state index in [4.69, 9.17) is 9.47 Å². The first-order valence-electron chi connectivity index (χ1n) is 5.44. The molecule has 0 saturated carbocycles. The number of hydrogen-bond acceptors (Lipinski definition) is 4. The zero-order valence-electron chi connectivity index (χ0n) is 9.55. The Labute approximate surface area is 98.9 Å². The van der Waals surface area contributed by atoms with Crippen LogP contribution < -0.4 is 10.6 Å². The number of benzene rings is 1. The molecule has 0 saturated heterocycles. The number of hydrogen-bond donors (Lipinski definition) is 0. The molecule has 0 fully saturated rings. The summed E-state index contributed by atoms with van der Waals surface area (Å²) >= 11 is 0. The highest BCUT2D eigenvalue weighted by molar-refractivity contribution is 5.72. The van der Waals surface area contributed by atoms with Gasteiger partial charge in [0.25, 0.3) is 0 Å². The van der Waals surface area contributed by atoms with Crippen molar-refractivity contribution in [2.75, 3.05) is 6.61 Å². The fourth-order valence-corrected chi connectivity index (χ4v) is 1.46. The van der Waals surface area contributed by atoms with Crippen molar-refractivity contribution in [2.24, 2.45) is 4.99 Å². The molecule has 1 aliphatic heterocycles. The van der Waals surface area contributed by atoms with Crippen LogP contribution in [0.15, 0.2) is 41.2 Å². The lowest BCUT2D eigenvalue weighted by atomic mass is 10.3. The van der Waals surface area contributed by atoms with Crippen molar-refractivity contribution in [1.29, 1.82) is 0 Å². The highest BCUT2D eigenvalue weighted by Crippen LogP contribution is 2.07. The van der Waals surface area contributed by atoms with E-state index in [9.17, 15) is 4.79 Å². The monoisotopic (exact) mass is 231 g/mol. The summed E-state index contributed by atoms with van der Waals surface area (Å²) in [6.07, 6.45) is 3.25. The van der Waals surface area contributed by atoms with Crippen LogP contribution in [-0.2, 0) is 14.3 Å². The standard InChI is InChI=1S/C13H13NO3/c1-2-16-13(15)7-11-8-14-12-6-4-3-5-10(12)9-17-11/h3-6,8-9H,2,7H2,1H3. The van der Waals surface area contributed by atoms with Gasteiger partial charge in [0.05, 0.1) is 18.2 Å². The second-order valence-electron chi connectivity index (χ2n) is 3.50. The van der Waals surface area contributed by atoms with E-state index in [-0.39, 0.29) is 12.4 Å². The van der Waals surface area contributed by atoms with Gasteiger partial charge in [0, 0.05) is 5.22 Å². The van der Waals surface area contributed by atoms with Crippen LogP contribution in [0, 0.1) is 0 Å². The summed E-state index contributed by atoms with van der Waals surface area (Å²) in [6, 6.07) is 7.60. The molecule has 1 aromatic carbocycles. The topological polar surface area (TPSA) is 47.9 Å². The molecule has 2 rings (SSSR count). The molecule has 1 aromatic rings. The van der Waals surface area contributed by atoms with Crippen LogP contribution in [-0.4, -0.2) is 12.6 Å². The number of carbonyl (C=O) groups excluding carboxylic acids is 1.